The molecule has 0 aliphatic carbocycles. The second-order valence-corrected chi connectivity index (χ2v) is 10.2. The summed E-state index contributed by atoms with van der Waals surface area (Å²) in [4.78, 5) is 37.5. The first kappa shape index (κ1) is 35.5. The number of ether oxygens (including phenoxy) is 3. The third-order valence-electron chi connectivity index (χ3n) is 6.60. The van der Waals surface area contributed by atoms with E-state index in [1.165, 1.54) is 12.1 Å². The Balaban J connectivity index is 1.76. The van der Waals surface area contributed by atoms with Crippen LogP contribution in [0.3, 0.4) is 0 Å². The molecule has 0 fully saturated rings. The van der Waals surface area contributed by atoms with E-state index >= 15 is 0 Å². The number of carbonyl (C=O) groups is 2. The SMILES string of the molecule is COCCc1ccc(OCC(CN(C(=O)c2ccc(CON(O)O)cc2)C(C)C)OC(=O)c2ccc(CON(O)O)cc2)cc1. The van der Waals surface area contributed by atoms with Gasteiger partial charge in [-0.05, 0) is 73.4 Å². The number of nitrogens with zero attached hydrogens (tertiary/aromatic N) is 3. The minimum absolute atomic E-state index is 0.0256. The highest BCUT2D eigenvalue weighted by atomic mass is 17.1. The van der Waals surface area contributed by atoms with Crippen molar-refractivity contribution in [3.8, 4) is 5.75 Å². The zero-order valence-corrected chi connectivity index (χ0v) is 25.3. The van der Waals surface area contributed by atoms with E-state index in [9.17, 15) is 9.59 Å². The second kappa shape index (κ2) is 18.1. The van der Waals surface area contributed by atoms with Gasteiger partial charge in [0.1, 0.15) is 12.4 Å². The smallest absolute Gasteiger partial charge is 0.338 e. The Hall–Kier alpha value is -3.96. The molecule has 14 nitrogen and oxygen atoms in total. The third kappa shape index (κ3) is 12.2. The molecule has 0 spiro atoms. The van der Waals surface area contributed by atoms with Crippen LogP contribution in [-0.4, -0.2) is 87.4 Å². The summed E-state index contributed by atoms with van der Waals surface area (Å²) < 4.78 is 17.0. The maximum atomic E-state index is 13.6. The molecule has 0 saturated heterocycles. The van der Waals surface area contributed by atoms with Crippen LogP contribution in [0.1, 0.15) is 51.3 Å². The standard InChI is InChI=1S/C31H39N3O11/c1-22(2)32(30(35)26-10-4-24(5-11-26)19-43-33(37)38)18-29(21-42-28-14-8-23(9-15-28)16-17-41-3)45-31(36)27-12-6-25(7-13-27)20-44-34(39)40/h4-15,22,29,37-40H,16-21H2,1-3H3. The normalized spacial score (nSPS) is 12.0. The fourth-order valence-corrected chi connectivity index (χ4v) is 4.16. The second-order valence-electron chi connectivity index (χ2n) is 10.2. The van der Waals surface area contributed by atoms with Gasteiger partial charge in [0.05, 0.1) is 42.7 Å². The van der Waals surface area contributed by atoms with E-state index in [2.05, 4.69) is 9.68 Å². The fraction of sp³-hybridized carbons (Fsp3) is 0.355. The Labute approximate surface area is 260 Å². The molecule has 0 aliphatic heterocycles. The number of hydrogen-bond acceptors (Lipinski definition) is 13. The highest BCUT2D eigenvalue weighted by molar-refractivity contribution is 5.94. The summed E-state index contributed by atoms with van der Waals surface area (Å²) in [6.45, 7) is 4.01. The van der Waals surface area contributed by atoms with E-state index in [1.807, 2.05) is 38.1 Å². The van der Waals surface area contributed by atoms with Gasteiger partial charge in [-0.15, -0.1) is 0 Å². The lowest BCUT2D eigenvalue weighted by atomic mass is 10.1. The van der Waals surface area contributed by atoms with E-state index in [0.717, 1.165) is 12.0 Å². The number of benzene rings is 3. The van der Waals surface area contributed by atoms with Crippen LogP contribution in [0.5, 0.6) is 5.75 Å². The van der Waals surface area contributed by atoms with Crippen LogP contribution in [0, 0.1) is 0 Å². The summed E-state index contributed by atoms with van der Waals surface area (Å²) in [5, 5.41) is 34.2. The zero-order valence-electron chi connectivity index (χ0n) is 25.3. The molecule has 4 N–H and O–H groups in total. The summed E-state index contributed by atoms with van der Waals surface area (Å²) in [5.41, 5.74) is 2.86. The van der Waals surface area contributed by atoms with Gasteiger partial charge in [-0.2, -0.15) is 0 Å². The highest BCUT2D eigenvalue weighted by Gasteiger charge is 2.26. The molecule has 3 rings (SSSR count). The molecule has 45 heavy (non-hydrogen) atoms. The first-order valence-corrected chi connectivity index (χ1v) is 14.1. The van der Waals surface area contributed by atoms with Crippen LogP contribution in [0.25, 0.3) is 0 Å². The van der Waals surface area contributed by atoms with Crippen molar-refractivity contribution < 1.29 is 54.3 Å². The van der Waals surface area contributed by atoms with Gasteiger partial charge in [-0.25, -0.2) is 14.5 Å². The van der Waals surface area contributed by atoms with Gasteiger partial charge < -0.3 is 19.1 Å². The number of rotatable bonds is 18. The molecular formula is C31H39N3O11. The zero-order chi connectivity index (χ0) is 32.8. The summed E-state index contributed by atoms with van der Waals surface area (Å²) in [6, 6.07) is 19.8. The minimum atomic E-state index is -0.856. The Morgan fingerprint density at radius 2 is 1.24 bits per heavy atom. The van der Waals surface area contributed by atoms with Gasteiger partial charge in [0.15, 0.2) is 6.10 Å². The molecule has 14 heteroatoms. The molecule has 1 amide bonds. The first-order valence-electron chi connectivity index (χ1n) is 14.1. The van der Waals surface area contributed by atoms with Crippen LogP contribution in [0.2, 0.25) is 0 Å². The van der Waals surface area contributed by atoms with Crippen molar-refractivity contribution in [3.63, 3.8) is 0 Å². The first-order chi connectivity index (χ1) is 21.5. The summed E-state index contributed by atoms with van der Waals surface area (Å²) in [7, 11) is 1.64. The number of esters is 1. The van der Waals surface area contributed by atoms with Gasteiger partial charge in [0.2, 0.25) is 0 Å². The van der Waals surface area contributed by atoms with E-state index in [0.29, 0.717) is 29.0 Å². The molecule has 3 aromatic carbocycles. The lowest BCUT2D eigenvalue weighted by Crippen LogP contribution is -2.45. The van der Waals surface area contributed by atoms with Crippen molar-refractivity contribution in [1.29, 1.82) is 0 Å². The Kier molecular flexibility index (Phi) is 14.3. The molecule has 0 saturated carbocycles. The number of hydrogen-bond donors (Lipinski definition) is 4. The van der Waals surface area contributed by atoms with Crippen molar-refractivity contribution >= 4 is 11.9 Å². The van der Waals surface area contributed by atoms with Gasteiger partial charge in [0, 0.05) is 18.7 Å². The lowest BCUT2D eigenvalue weighted by Gasteiger charge is -2.31. The average Bonchev–Trinajstić information content (AvgIpc) is 3.03. The summed E-state index contributed by atoms with van der Waals surface area (Å²) in [5.74, 6) is -0.384. The number of carbonyl (C=O) groups excluding carboxylic acids is 2. The minimum Gasteiger partial charge on any atom is -0.490 e. The van der Waals surface area contributed by atoms with Crippen molar-refractivity contribution in [2.45, 2.75) is 45.6 Å². The average molecular weight is 630 g/mol. The maximum absolute atomic E-state index is 13.6. The monoisotopic (exact) mass is 629 g/mol. The van der Waals surface area contributed by atoms with E-state index in [-0.39, 0.29) is 49.3 Å². The van der Waals surface area contributed by atoms with Gasteiger partial charge >= 0.3 is 5.97 Å². The van der Waals surface area contributed by atoms with Crippen LogP contribution < -0.4 is 4.74 Å². The van der Waals surface area contributed by atoms with Crippen molar-refractivity contribution in [2.24, 2.45) is 0 Å². The Bertz CT molecular complexity index is 1320. The van der Waals surface area contributed by atoms with E-state index < -0.39 is 17.5 Å². The van der Waals surface area contributed by atoms with Crippen molar-refractivity contribution in [1.82, 2.24) is 15.7 Å². The molecule has 1 atom stereocenters. The van der Waals surface area contributed by atoms with E-state index in [1.54, 1.807) is 48.4 Å². The van der Waals surface area contributed by atoms with Gasteiger partial charge in [0.25, 0.3) is 5.91 Å². The number of methoxy groups -OCH3 is 1. The molecule has 0 radical (unpaired) electrons. The molecule has 244 valence electrons. The predicted octanol–water partition coefficient (Wildman–Crippen LogP) is 4.05. The fourth-order valence-electron chi connectivity index (χ4n) is 4.16. The van der Waals surface area contributed by atoms with Crippen LogP contribution >= 0.6 is 0 Å². The summed E-state index contributed by atoms with van der Waals surface area (Å²) in [6.07, 6.45) is -0.105. The number of amides is 1. The molecule has 0 heterocycles. The molecule has 0 aromatic heterocycles. The largest absolute Gasteiger partial charge is 0.490 e. The molecular weight excluding hydrogens is 590 g/mol. The molecule has 1 unspecified atom stereocenters. The lowest BCUT2D eigenvalue weighted by molar-refractivity contribution is -0.497. The van der Waals surface area contributed by atoms with Crippen LogP contribution in [-0.2, 0) is 38.8 Å². The highest BCUT2D eigenvalue weighted by Crippen LogP contribution is 2.17. The quantitative estimate of drug-likeness (QED) is 0.117. The van der Waals surface area contributed by atoms with Crippen LogP contribution in [0.15, 0.2) is 72.8 Å². The van der Waals surface area contributed by atoms with E-state index in [4.69, 9.17) is 35.0 Å². The van der Waals surface area contributed by atoms with Crippen molar-refractivity contribution in [2.75, 3.05) is 26.9 Å². The van der Waals surface area contributed by atoms with Gasteiger partial charge in [-0.1, -0.05) is 36.4 Å². The van der Waals surface area contributed by atoms with Crippen molar-refractivity contribution in [3.05, 3.63) is 101 Å². The summed E-state index contributed by atoms with van der Waals surface area (Å²) >= 11 is 0. The van der Waals surface area contributed by atoms with Crippen LogP contribution in [0.4, 0.5) is 0 Å². The Morgan fingerprint density at radius 1 is 0.733 bits per heavy atom. The molecule has 3 aromatic rings. The third-order valence-corrected chi connectivity index (χ3v) is 6.60. The molecule has 0 bridgehead atoms. The topological polar surface area (TPSA) is 171 Å². The maximum Gasteiger partial charge on any atom is 0.338 e. The van der Waals surface area contributed by atoms with Gasteiger partial charge in [-0.3, -0.25) is 25.6 Å². The molecule has 0 aliphatic rings. The predicted molar refractivity (Wildman–Crippen MR) is 156 cm³/mol. The Morgan fingerprint density at radius 3 is 1.73 bits per heavy atom.